The van der Waals surface area contributed by atoms with Crippen LogP contribution in [0.4, 0.5) is 0 Å². The van der Waals surface area contributed by atoms with Gasteiger partial charge in [0, 0.05) is 26.2 Å². The van der Waals surface area contributed by atoms with Gasteiger partial charge < -0.3 is 4.90 Å². The van der Waals surface area contributed by atoms with Gasteiger partial charge in [-0.3, -0.25) is 9.79 Å². The van der Waals surface area contributed by atoms with Crippen LogP contribution in [0.5, 0.6) is 0 Å². The van der Waals surface area contributed by atoms with Crippen LogP contribution in [0.25, 0.3) is 0 Å². The van der Waals surface area contributed by atoms with Crippen LogP contribution in [0.15, 0.2) is 28.9 Å². The van der Waals surface area contributed by atoms with E-state index in [1.807, 2.05) is 44.7 Å². The number of amides is 1. The maximum absolute atomic E-state index is 11.0. The average Bonchev–Trinajstić information content (AvgIpc) is 2.84. The molecule has 0 saturated carbocycles. The number of aliphatic imine (C=N–C) groups is 1. The number of allylic oxidation sites excluding steroid dienone is 2. The topological polar surface area (TPSA) is 32.7 Å². The van der Waals surface area contributed by atoms with E-state index in [-0.39, 0.29) is 5.91 Å². The first-order chi connectivity index (χ1) is 8.24. The number of carbonyl (C=O) groups is 1. The van der Waals surface area contributed by atoms with Crippen molar-refractivity contribution in [1.82, 2.24) is 4.90 Å². The van der Waals surface area contributed by atoms with Gasteiger partial charge >= 0.3 is 0 Å². The van der Waals surface area contributed by atoms with Crippen LogP contribution >= 0.6 is 0 Å². The lowest BCUT2D eigenvalue weighted by Gasteiger charge is -2.10. The Bertz CT molecular complexity index is 267. The lowest BCUT2D eigenvalue weighted by atomic mass is 10.2. The van der Waals surface area contributed by atoms with Gasteiger partial charge in [-0.15, -0.1) is 0 Å². The molecule has 1 amide bonds. The molecule has 1 aliphatic rings. The van der Waals surface area contributed by atoms with Gasteiger partial charge in [-0.05, 0) is 24.8 Å². The lowest BCUT2D eigenvalue weighted by Crippen LogP contribution is -2.24. The molecule has 1 heterocycles. The zero-order valence-electron chi connectivity index (χ0n) is 11.9. The van der Waals surface area contributed by atoms with Crippen LogP contribution in [0.2, 0.25) is 0 Å². The SMILES string of the molecule is C=N/C=C\C=C1/CCN(C(C)=O)C1.CC.CC. The van der Waals surface area contributed by atoms with Crippen LogP contribution in [0.3, 0.4) is 0 Å². The molecule has 0 aromatic heterocycles. The van der Waals surface area contributed by atoms with Gasteiger partial charge in [0.25, 0.3) is 0 Å². The molecule has 1 saturated heterocycles. The molecule has 1 rings (SSSR count). The number of carbonyl (C=O) groups excluding carboxylic acids is 1. The van der Waals surface area contributed by atoms with E-state index in [9.17, 15) is 4.79 Å². The van der Waals surface area contributed by atoms with Crippen molar-refractivity contribution in [1.29, 1.82) is 0 Å². The van der Waals surface area contributed by atoms with E-state index >= 15 is 0 Å². The minimum absolute atomic E-state index is 0.147. The van der Waals surface area contributed by atoms with Gasteiger partial charge in [-0.1, -0.05) is 33.8 Å². The van der Waals surface area contributed by atoms with Crippen molar-refractivity contribution in [3.63, 3.8) is 0 Å². The van der Waals surface area contributed by atoms with Crippen molar-refractivity contribution in [2.75, 3.05) is 13.1 Å². The van der Waals surface area contributed by atoms with Crippen molar-refractivity contribution < 1.29 is 4.79 Å². The molecule has 0 unspecified atom stereocenters. The number of nitrogens with zero attached hydrogens (tertiary/aromatic N) is 2. The van der Waals surface area contributed by atoms with E-state index in [1.165, 1.54) is 5.57 Å². The van der Waals surface area contributed by atoms with Crippen LogP contribution < -0.4 is 0 Å². The van der Waals surface area contributed by atoms with Gasteiger partial charge in [-0.25, -0.2) is 0 Å². The minimum atomic E-state index is 0.147. The summed E-state index contributed by atoms with van der Waals surface area (Å²) in [4.78, 5) is 16.4. The molecule has 0 bridgehead atoms. The third kappa shape index (κ3) is 8.43. The first-order valence-electron chi connectivity index (χ1n) is 6.30. The zero-order chi connectivity index (χ0) is 13.7. The maximum atomic E-state index is 11.0. The molecule has 0 aromatic rings. The Morgan fingerprint density at radius 1 is 1.35 bits per heavy atom. The number of hydrogen-bond donors (Lipinski definition) is 0. The Labute approximate surface area is 106 Å². The molecule has 0 aromatic carbocycles. The fourth-order valence-electron chi connectivity index (χ4n) is 1.33. The molecule has 0 aliphatic carbocycles. The minimum Gasteiger partial charge on any atom is -0.339 e. The summed E-state index contributed by atoms with van der Waals surface area (Å²) in [7, 11) is 0. The summed E-state index contributed by atoms with van der Waals surface area (Å²) in [5.41, 5.74) is 1.27. The highest BCUT2D eigenvalue weighted by molar-refractivity contribution is 5.74. The monoisotopic (exact) mass is 238 g/mol. The summed E-state index contributed by atoms with van der Waals surface area (Å²) in [6.07, 6.45) is 6.47. The smallest absolute Gasteiger partial charge is 0.219 e. The highest BCUT2D eigenvalue weighted by atomic mass is 16.2. The van der Waals surface area contributed by atoms with E-state index in [2.05, 4.69) is 11.7 Å². The molecule has 0 radical (unpaired) electrons. The molecule has 3 heteroatoms. The highest BCUT2D eigenvalue weighted by Gasteiger charge is 2.17. The standard InChI is InChI=1S/C10H14N2O.2C2H6/c1-9(13)12-7-5-10(8-12)4-3-6-11-2;2*1-2/h3-4,6H,2,5,7-8H2,1H3;2*1-2H3/b6-3-,10-4+;;. The molecular weight excluding hydrogens is 212 g/mol. The molecule has 1 fully saturated rings. The molecule has 3 nitrogen and oxygen atoms in total. The van der Waals surface area contributed by atoms with Gasteiger partial charge in [0.15, 0.2) is 0 Å². The van der Waals surface area contributed by atoms with Crippen molar-refractivity contribution in [3.8, 4) is 0 Å². The highest BCUT2D eigenvalue weighted by Crippen LogP contribution is 2.14. The largest absolute Gasteiger partial charge is 0.339 e. The lowest BCUT2D eigenvalue weighted by molar-refractivity contribution is -0.127. The Morgan fingerprint density at radius 3 is 2.35 bits per heavy atom. The Hall–Kier alpha value is -1.38. The van der Waals surface area contributed by atoms with Crippen molar-refractivity contribution >= 4 is 12.6 Å². The van der Waals surface area contributed by atoms with Gasteiger partial charge in [0.1, 0.15) is 0 Å². The van der Waals surface area contributed by atoms with Gasteiger partial charge in [-0.2, -0.15) is 0 Å². The summed E-state index contributed by atoms with van der Waals surface area (Å²) in [6, 6.07) is 0. The molecule has 98 valence electrons. The molecular formula is C14H26N2O. The number of likely N-dealkylation sites (tertiary alicyclic amines) is 1. The second-order valence-electron chi connectivity index (χ2n) is 3.04. The van der Waals surface area contributed by atoms with E-state index in [4.69, 9.17) is 0 Å². The van der Waals surface area contributed by atoms with Crippen LogP contribution in [0.1, 0.15) is 41.0 Å². The molecule has 17 heavy (non-hydrogen) atoms. The second-order valence-corrected chi connectivity index (χ2v) is 3.04. The van der Waals surface area contributed by atoms with Gasteiger partial charge in [0.05, 0.1) is 0 Å². The number of hydrogen-bond acceptors (Lipinski definition) is 2. The number of rotatable bonds is 2. The van der Waals surface area contributed by atoms with Crippen molar-refractivity contribution in [2.45, 2.75) is 41.0 Å². The Balaban J connectivity index is 0. The van der Waals surface area contributed by atoms with E-state index in [0.29, 0.717) is 0 Å². The third-order valence-electron chi connectivity index (χ3n) is 2.07. The Morgan fingerprint density at radius 2 is 1.94 bits per heavy atom. The quantitative estimate of drug-likeness (QED) is 0.678. The van der Waals surface area contributed by atoms with Crippen LogP contribution in [0, 0.1) is 0 Å². The third-order valence-corrected chi connectivity index (χ3v) is 2.07. The fraction of sp³-hybridized carbons (Fsp3) is 0.571. The second kappa shape index (κ2) is 12.7. The molecule has 0 spiro atoms. The zero-order valence-corrected chi connectivity index (χ0v) is 11.9. The van der Waals surface area contributed by atoms with Crippen LogP contribution in [-0.4, -0.2) is 30.6 Å². The van der Waals surface area contributed by atoms with E-state index in [0.717, 1.165) is 19.5 Å². The predicted molar refractivity (Wildman–Crippen MR) is 76.3 cm³/mol. The molecule has 1 aliphatic heterocycles. The van der Waals surface area contributed by atoms with Crippen molar-refractivity contribution in [3.05, 3.63) is 23.9 Å². The summed E-state index contributed by atoms with van der Waals surface area (Å²) in [5, 5.41) is 0. The molecule has 0 N–H and O–H groups in total. The summed E-state index contributed by atoms with van der Waals surface area (Å²) < 4.78 is 0. The predicted octanol–water partition coefficient (Wildman–Crippen LogP) is 3.43. The van der Waals surface area contributed by atoms with Crippen molar-refractivity contribution in [2.24, 2.45) is 4.99 Å². The average molecular weight is 238 g/mol. The first kappa shape index (κ1) is 18.0. The molecule has 0 atom stereocenters. The normalized spacial score (nSPS) is 16.1. The maximum Gasteiger partial charge on any atom is 0.219 e. The Kier molecular flexibility index (Phi) is 13.4. The van der Waals surface area contributed by atoms with E-state index in [1.54, 1.807) is 13.1 Å². The van der Waals surface area contributed by atoms with Crippen LogP contribution in [-0.2, 0) is 4.79 Å². The van der Waals surface area contributed by atoms with Gasteiger partial charge in [0.2, 0.25) is 5.91 Å². The summed E-state index contributed by atoms with van der Waals surface area (Å²) in [6.45, 7) is 14.5. The summed E-state index contributed by atoms with van der Waals surface area (Å²) in [5.74, 6) is 0.147. The fourth-order valence-corrected chi connectivity index (χ4v) is 1.33. The summed E-state index contributed by atoms with van der Waals surface area (Å²) >= 11 is 0. The first-order valence-corrected chi connectivity index (χ1v) is 6.30. The van der Waals surface area contributed by atoms with E-state index < -0.39 is 0 Å².